The van der Waals surface area contributed by atoms with Crippen molar-refractivity contribution in [3.63, 3.8) is 0 Å². The maximum absolute atomic E-state index is 12.2. The number of Topliss-reactive ketones (excluding diaryl/α,β-unsaturated/α-hetero) is 1. The van der Waals surface area contributed by atoms with E-state index in [-0.39, 0.29) is 18.0 Å². The monoisotopic (exact) mass is 298 g/mol. The second-order valence-corrected chi connectivity index (χ2v) is 4.65. The van der Waals surface area contributed by atoms with Gasteiger partial charge in [-0.15, -0.1) is 0 Å². The third-order valence-electron chi connectivity index (χ3n) is 3.28. The van der Waals surface area contributed by atoms with Gasteiger partial charge in [0, 0.05) is 17.7 Å². The van der Waals surface area contributed by atoms with Crippen LogP contribution < -0.4 is 5.76 Å². The molecule has 1 aromatic heterocycles. The molecule has 110 valence electrons. The molecule has 0 bridgehead atoms. The van der Waals surface area contributed by atoms with Crippen molar-refractivity contribution in [2.24, 2.45) is 0 Å². The molecule has 0 amide bonds. The summed E-state index contributed by atoms with van der Waals surface area (Å²) in [5.74, 6) is -0.944. The first kappa shape index (κ1) is 13.7. The van der Waals surface area contributed by atoms with E-state index in [0.29, 0.717) is 16.7 Å². The van der Waals surface area contributed by atoms with E-state index in [1.54, 1.807) is 24.3 Å². The van der Waals surface area contributed by atoms with Crippen molar-refractivity contribution in [1.29, 1.82) is 0 Å². The fourth-order valence-electron chi connectivity index (χ4n) is 2.17. The van der Waals surface area contributed by atoms with Crippen LogP contribution in [0.3, 0.4) is 0 Å². The quantitative estimate of drug-likeness (QED) is 0.418. The van der Waals surface area contributed by atoms with Crippen molar-refractivity contribution in [3.8, 4) is 0 Å². The summed E-state index contributed by atoms with van der Waals surface area (Å²) in [5, 5.41) is 10.6. The van der Waals surface area contributed by atoms with Gasteiger partial charge in [-0.25, -0.2) is 4.79 Å². The van der Waals surface area contributed by atoms with Crippen LogP contribution in [0.4, 0.5) is 5.69 Å². The second-order valence-electron chi connectivity index (χ2n) is 4.65. The summed E-state index contributed by atoms with van der Waals surface area (Å²) >= 11 is 0. The van der Waals surface area contributed by atoms with Gasteiger partial charge in [0.25, 0.3) is 5.69 Å². The van der Waals surface area contributed by atoms with E-state index < -0.39 is 10.7 Å². The van der Waals surface area contributed by atoms with E-state index in [1.807, 2.05) is 0 Å². The molecular formula is C15H10N2O5. The number of carbonyl (C=O) groups excluding carboxylic acids is 1. The number of hydrogen-bond acceptors (Lipinski definition) is 5. The molecule has 0 radical (unpaired) electrons. The van der Waals surface area contributed by atoms with Gasteiger partial charge in [0.05, 0.1) is 17.0 Å². The first-order valence-corrected chi connectivity index (χ1v) is 6.42. The van der Waals surface area contributed by atoms with Crippen LogP contribution in [0.5, 0.6) is 0 Å². The zero-order valence-corrected chi connectivity index (χ0v) is 11.3. The molecule has 7 heteroatoms. The Bertz CT molecular complexity index is 921. The number of non-ortho nitro benzene ring substituents is 1. The van der Waals surface area contributed by atoms with Crippen molar-refractivity contribution in [3.05, 3.63) is 74.8 Å². The number of ketones is 1. The van der Waals surface area contributed by atoms with Crippen molar-refractivity contribution in [1.82, 2.24) is 4.57 Å². The molecule has 0 aliphatic carbocycles. The lowest BCUT2D eigenvalue weighted by Gasteiger charge is -2.02. The molecule has 0 fully saturated rings. The van der Waals surface area contributed by atoms with Crippen LogP contribution in [0.1, 0.15) is 10.4 Å². The van der Waals surface area contributed by atoms with Crippen LogP contribution in [0.25, 0.3) is 11.1 Å². The highest BCUT2D eigenvalue weighted by Crippen LogP contribution is 2.15. The summed E-state index contributed by atoms with van der Waals surface area (Å²) < 4.78 is 6.29. The summed E-state index contributed by atoms with van der Waals surface area (Å²) in [5.41, 5.74) is 1.14. The fraction of sp³-hybridized carbons (Fsp3) is 0.0667. The van der Waals surface area contributed by atoms with Crippen molar-refractivity contribution in [2.75, 3.05) is 0 Å². The van der Waals surface area contributed by atoms with Crippen molar-refractivity contribution >= 4 is 22.6 Å². The molecule has 0 aliphatic heterocycles. The molecule has 0 atom stereocenters. The maximum atomic E-state index is 12.2. The van der Waals surface area contributed by atoms with Gasteiger partial charge in [-0.2, -0.15) is 0 Å². The number of hydrogen-bond donors (Lipinski definition) is 0. The minimum atomic E-state index is -0.614. The highest BCUT2D eigenvalue weighted by atomic mass is 16.6. The van der Waals surface area contributed by atoms with Crippen LogP contribution in [0.2, 0.25) is 0 Å². The predicted molar refractivity (Wildman–Crippen MR) is 77.9 cm³/mol. The molecule has 0 spiro atoms. The van der Waals surface area contributed by atoms with E-state index >= 15 is 0 Å². The molecule has 0 saturated heterocycles. The van der Waals surface area contributed by atoms with E-state index in [2.05, 4.69) is 0 Å². The molecule has 3 rings (SSSR count). The average Bonchev–Trinajstić information content (AvgIpc) is 2.83. The number of rotatable bonds is 4. The molecular weight excluding hydrogens is 288 g/mol. The number of aromatic nitrogens is 1. The highest BCUT2D eigenvalue weighted by Gasteiger charge is 2.14. The lowest BCUT2D eigenvalue weighted by Crippen LogP contribution is -2.20. The number of nitro groups is 1. The van der Waals surface area contributed by atoms with Gasteiger partial charge in [0.15, 0.2) is 11.4 Å². The lowest BCUT2D eigenvalue weighted by atomic mass is 10.1. The summed E-state index contributed by atoms with van der Waals surface area (Å²) in [7, 11) is 0. The normalized spacial score (nSPS) is 10.7. The zero-order chi connectivity index (χ0) is 15.7. The summed E-state index contributed by atoms with van der Waals surface area (Å²) in [6.45, 7) is -0.187. The van der Waals surface area contributed by atoms with Gasteiger partial charge >= 0.3 is 5.76 Å². The van der Waals surface area contributed by atoms with Crippen LogP contribution in [0, 0.1) is 10.1 Å². The van der Waals surface area contributed by atoms with Gasteiger partial charge in [-0.1, -0.05) is 12.1 Å². The SMILES string of the molecule is O=C(Cn1c(=O)oc2ccccc21)c1ccc([N+](=O)[O-])cc1. The number of nitro benzene ring substituents is 1. The predicted octanol–water partition coefficient (Wildman–Crippen LogP) is 2.39. The Morgan fingerprint density at radius 1 is 1.14 bits per heavy atom. The zero-order valence-electron chi connectivity index (χ0n) is 11.3. The number of fused-ring (bicyclic) bond motifs is 1. The maximum Gasteiger partial charge on any atom is 0.420 e. The standard InChI is InChI=1S/C15H10N2O5/c18-13(10-5-7-11(8-6-10)17(20)21)9-16-12-3-1-2-4-14(12)22-15(16)19/h1-8H,9H2. The minimum absolute atomic E-state index is 0.0949. The van der Waals surface area contributed by atoms with E-state index in [9.17, 15) is 19.7 Å². The van der Waals surface area contributed by atoms with Gasteiger partial charge in [-0.05, 0) is 24.3 Å². The van der Waals surface area contributed by atoms with Crippen LogP contribution in [0.15, 0.2) is 57.7 Å². The van der Waals surface area contributed by atoms with Crippen molar-refractivity contribution < 1.29 is 14.1 Å². The summed E-state index contributed by atoms with van der Waals surface area (Å²) in [6.07, 6.45) is 0. The molecule has 7 nitrogen and oxygen atoms in total. The highest BCUT2D eigenvalue weighted by molar-refractivity contribution is 5.96. The second kappa shape index (κ2) is 5.28. The number of carbonyl (C=O) groups is 1. The number of oxazole rings is 1. The number of nitrogens with zero attached hydrogens (tertiary/aromatic N) is 2. The Labute approximate surface area is 123 Å². The van der Waals surface area contributed by atoms with E-state index in [0.717, 1.165) is 0 Å². The molecule has 2 aromatic carbocycles. The number of para-hydroxylation sites is 2. The third kappa shape index (κ3) is 2.39. The molecule has 0 unspecified atom stereocenters. The van der Waals surface area contributed by atoms with E-state index in [4.69, 9.17) is 4.42 Å². The molecule has 0 aliphatic rings. The first-order valence-electron chi connectivity index (χ1n) is 6.42. The molecule has 0 saturated carbocycles. The Morgan fingerprint density at radius 2 is 1.82 bits per heavy atom. The van der Waals surface area contributed by atoms with Crippen molar-refractivity contribution in [2.45, 2.75) is 6.54 Å². The number of benzene rings is 2. The van der Waals surface area contributed by atoms with Gasteiger partial charge in [0.1, 0.15) is 0 Å². The topological polar surface area (TPSA) is 95.3 Å². The van der Waals surface area contributed by atoms with Crippen LogP contribution >= 0.6 is 0 Å². The van der Waals surface area contributed by atoms with Gasteiger partial charge in [-0.3, -0.25) is 19.5 Å². The Kier molecular flexibility index (Phi) is 3.30. The average molecular weight is 298 g/mol. The smallest absolute Gasteiger partial charge is 0.408 e. The van der Waals surface area contributed by atoms with Gasteiger partial charge < -0.3 is 4.42 Å². The largest absolute Gasteiger partial charge is 0.420 e. The summed E-state index contributed by atoms with van der Waals surface area (Å²) in [4.78, 5) is 34.1. The first-order chi connectivity index (χ1) is 10.6. The molecule has 3 aromatic rings. The molecule has 0 N–H and O–H groups in total. The lowest BCUT2D eigenvalue weighted by molar-refractivity contribution is -0.384. The minimum Gasteiger partial charge on any atom is -0.408 e. The molecule has 1 heterocycles. The van der Waals surface area contributed by atoms with Gasteiger partial charge in [0.2, 0.25) is 0 Å². The Morgan fingerprint density at radius 3 is 2.50 bits per heavy atom. The fourth-order valence-corrected chi connectivity index (χ4v) is 2.17. The summed E-state index contributed by atoms with van der Waals surface area (Å²) in [6, 6.07) is 12.0. The Hall–Kier alpha value is -3.22. The van der Waals surface area contributed by atoms with E-state index in [1.165, 1.54) is 28.8 Å². The Balaban J connectivity index is 1.91. The van der Waals surface area contributed by atoms with Crippen LogP contribution in [-0.2, 0) is 6.54 Å². The molecule has 22 heavy (non-hydrogen) atoms. The third-order valence-corrected chi connectivity index (χ3v) is 3.28. The van der Waals surface area contributed by atoms with Crippen LogP contribution in [-0.4, -0.2) is 15.3 Å².